The fourth-order valence-corrected chi connectivity index (χ4v) is 2.38. The van der Waals surface area contributed by atoms with E-state index in [4.69, 9.17) is 4.74 Å². The minimum Gasteiger partial charge on any atom is -0.388 e. The van der Waals surface area contributed by atoms with E-state index in [0.29, 0.717) is 6.10 Å². The van der Waals surface area contributed by atoms with E-state index in [1.807, 2.05) is 30.3 Å². The second kappa shape index (κ2) is 6.88. The number of benzene rings is 1. The van der Waals surface area contributed by atoms with E-state index < -0.39 is 0 Å². The molecule has 1 heterocycles. The molecule has 1 aromatic carbocycles. The molecule has 0 aromatic heterocycles. The highest BCUT2D eigenvalue weighted by Crippen LogP contribution is 2.17. The van der Waals surface area contributed by atoms with Gasteiger partial charge in [0.15, 0.2) is 0 Å². The largest absolute Gasteiger partial charge is 0.388 e. The van der Waals surface area contributed by atoms with Crippen molar-refractivity contribution in [1.29, 1.82) is 0 Å². The van der Waals surface area contributed by atoms with Gasteiger partial charge >= 0.3 is 0 Å². The second-order valence-electron chi connectivity index (χ2n) is 4.92. The molecule has 0 spiro atoms. The molecular weight excluding hydrogens is 226 g/mol. The Balaban J connectivity index is 1.77. The average Bonchev–Trinajstić information content (AvgIpc) is 2.46. The molecule has 2 unspecified atom stereocenters. The van der Waals surface area contributed by atoms with Crippen LogP contribution in [0.4, 0.5) is 0 Å². The van der Waals surface area contributed by atoms with Gasteiger partial charge in [0, 0.05) is 19.6 Å². The van der Waals surface area contributed by atoms with Gasteiger partial charge in [0.05, 0.1) is 18.8 Å². The van der Waals surface area contributed by atoms with E-state index in [1.165, 1.54) is 0 Å². The van der Waals surface area contributed by atoms with Crippen LogP contribution in [0.5, 0.6) is 0 Å². The van der Waals surface area contributed by atoms with Crippen molar-refractivity contribution in [1.82, 2.24) is 4.90 Å². The molecule has 0 radical (unpaired) electrons. The normalized spacial score (nSPS) is 22.9. The van der Waals surface area contributed by atoms with Crippen molar-refractivity contribution in [3.8, 4) is 0 Å². The Labute approximate surface area is 109 Å². The first kappa shape index (κ1) is 13.5. The molecule has 1 N–H and O–H groups in total. The summed E-state index contributed by atoms with van der Waals surface area (Å²) in [4.78, 5) is 2.39. The van der Waals surface area contributed by atoms with Gasteiger partial charge in [-0.15, -0.1) is 0 Å². The summed E-state index contributed by atoms with van der Waals surface area (Å²) >= 11 is 0. The van der Waals surface area contributed by atoms with Gasteiger partial charge in [-0.2, -0.15) is 0 Å². The van der Waals surface area contributed by atoms with Crippen molar-refractivity contribution >= 4 is 0 Å². The van der Waals surface area contributed by atoms with Crippen molar-refractivity contribution in [2.45, 2.75) is 32.0 Å². The van der Waals surface area contributed by atoms with Crippen LogP contribution in [0.25, 0.3) is 0 Å². The summed E-state index contributed by atoms with van der Waals surface area (Å²) in [5.74, 6) is 0. The summed E-state index contributed by atoms with van der Waals surface area (Å²) in [6, 6.07) is 9.89. The van der Waals surface area contributed by atoms with Gasteiger partial charge in [0.2, 0.25) is 0 Å². The Hall–Kier alpha value is -0.900. The van der Waals surface area contributed by atoms with Crippen molar-refractivity contribution in [2.75, 3.05) is 26.2 Å². The van der Waals surface area contributed by atoms with Crippen LogP contribution in [0.15, 0.2) is 30.3 Å². The number of rotatable bonds is 5. The van der Waals surface area contributed by atoms with Crippen molar-refractivity contribution < 1.29 is 9.84 Å². The molecule has 1 aliphatic heterocycles. The third-order valence-electron chi connectivity index (χ3n) is 3.58. The van der Waals surface area contributed by atoms with Crippen molar-refractivity contribution in [3.05, 3.63) is 35.9 Å². The molecule has 2 rings (SSSR count). The Morgan fingerprint density at radius 1 is 1.39 bits per heavy atom. The zero-order chi connectivity index (χ0) is 12.8. The number of aliphatic hydroxyl groups is 1. The summed E-state index contributed by atoms with van der Waals surface area (Å²) in [6.45, 7) is 5.90. The Morgan fingerprint density at radius 2 is 2.17 bits per heavy atom. The lowest BCUT2D eigenvalue weighted by Gasteiger charge is -2.32. The molecule has 0 saturated carbocycles. The highest BCUT2D eigenvalue weighted by Gasteiger charge is 2.19. The third kappa shape index (κ3) is 3.80. The summed E-state index contributed by atoms with van der Waals surface area (Å²) in [5.41, 5.74) is 1.01. The van der Waals surface area contributed by atoms with Crippen LogP contribution in [0.2, 0.25) is 0 Å². The lowest BCUT2D eigenvalue weighted by molar-refractivity contribution is -0.0330. The number of nitrogens with zero attached hydrogens (tertiary/aromatic N) is 1. The first-order valence-corrected chi connectivity index (χ1v) is 6.86. The third-order valence-corrected chi connectivity index (χ3v) is 3.58. The molecule has 1 saturated heterocycles. The minimum absolute atomic E-state index is 0.353. The number of hydrogen-bond acceptors (Lipinski definition) is 3. The molecule has 3 heteroatoms. The number of morpholine rings is 1. The number of ether oxygens (including phenoxy) is 1. The zero-order valence-corrected chi connectivity index (χ0v) is 11.1. The standard InChI is InChI=1S/C15H23NO2/c1-2-14-12-16(10-11-18-14)9-8-15(17)13-6-4-3-5-7-13/h3-7,14-15,17H,2,8-12H2,1H3. The van der Waals surface area contributed by atoms with Crippen LogP contribution >= 0.6 is 0 Å². The maximum absolute atomic E-state index is 10.1. The molecular formula is C15H23NO2. The van der Waals surface area contributed by atoms with Crippen LogP contribution in [-0.2, 0) is 4.74 Å². The van der Waals surface area contributed by atoms with Gasteiger partial charge in [-0.3, -0.25) is 4.90 Å². The van der Waals surface area contributed by atoms with Gasteiger partial charge in [-0.1, -0.05) is 37.3 Å². The van der Waals surface area contributed by atoms with Gasteiger partial charge in [-0.25, -0.2) is 0 Å². The highest BCUT2D eigenvalue weighted by molar-refractivity contribution is 5.17. The molecule has 100 valence electrons. The predicted molar refractivity (Wildman–Crippen MR) is 72.5 cm³/mol. The van der Waals surface area contributed by atoms with E-state index in [1.54, 1.807) is 0 Å². The van der Waals surface area contributed by atoms with Crippen LogP contribution in [-0.4, -0.2) is 42.4 Å². The molecule has 1 fully saturated rings. The summed E-state index contributed by atoms with van der Waals surface area (Å²) < 4.78 is 5.64. The van der Waals surface area contributed by atoms with Crippen LogP contribution in [0.1, 0.15) is 31.4 Å². The minimum atomic E-state index is -0.353. The van der Waals surface area contributed by atoms with Gasteiger partial charge < -0.3 is 9.84 Å². The molecule has 1 aliphatic rings. The molecule has 0 amide bonds. The monoisotopic (exact) mass is 249 g/mol. The maximum Gasteiger partial charge on any atom is 0.0802 e. The van der Waals surface area contributed by atoms with Gasteiger partial charge in [0.1, 0.15) is 0 Å². The Bertz CT molecular complexity index is 342. The van der Waals surface area contributed by atoms with Gasteiger partial charge in [0.25, 0.3) is 0 Å². The first-order chi connectivity index (χ1) is 8.79. The summed E-state index contributed by atoms with van der Waals surface area (Å²) in [6.07, 6.45) is 1.87. The lowest BCUT2D eigenvalue weighted by atomic mass is 10.1. The van der Waals surface area contributed by atoms with E-state index >= 15 is 0 Å². The first-order valence-electron chi connectivity index (χ1n) is 6.86. The van der Waals surface area contributed by atoms with Crippen LogP contribution in [0.3, 0.4) is 0 Å². The molecule has 18 heavy (non-hydrogen) atoms. The van der Waals surface area contributed by atoms with Crippen molar-refractivity contribution in [2.24, 2.45) is 0 Å². The summed E-state index contributed by atoms with van der Waals surface area (Å²) in [7, 11) is 0. The average molecular weight is 249 g/mol. The smallest absolute Gasteiger partial charge is 0.0802 e. The Kier molecular flexibility index (Phi) is 5.17. The molecule has 0 aliphatic carbocycles. The van der Waals surface area contributed by atoms with Crippen molar-refractivity contribution in [3.63, 3.8) is 0 Å². The van der Waals surface area contributed by atoms with Crippen LogP contribution in [0, 0.1) is 0 Å². The predicted octanol–water partition coefficient (Wildman–Crippen LogP) is 2.22. The number of aliphatic hydroxyl groups excluding tert-OH is 1. The molecule has 1 aromatic rings. The quantitative estimate of drug-likeness (QED) is 0.868. The second-order valence-corrected chi connectivity index (χ2v) is 4.92. The molecule has 2 atom stereocenters. The van der Waals surface area contributed by atoms with E-state index in [9.17, 15) is 5.11 Å². The van der Waals surface area contributed by atoms with E-state index in [0.717, 1.165) is 44.6 Å². The van der Waals surface area contributed by atoms with E-state index in [2.05, 4.69) is 11.8 Å². The van der Waals surface area contributed by atoms with E-state index in [-0.39, 0.29) is 6.10 Å². The fraction of sp³-hybridized carbons (Fsp3) is 0.600. The summed E-state index contributed by atoms with van der Waals surface area (Å²) in [5, 5.41) is 10.1. The zero-order valence-electron chi connectivity index (χ0n) is 11.1. The Morgan fingerprint density at radius 3 is 2.89 bits per heavy atom. The lowest BCUT2D eigenvalue weighted by Crippen LogP contribution is -2.42. The maximum atomic E-state index is 10.1. The SMILES string of the molecule is CCC1CN(CCC(O)c2ccccc2)CCO1. The van der Waals surface area contributed by atoms with Crippen LogP contribution < -0.4 is 0 Å². The highest BCUT2D eigenvalue weighted by atomic mass is 16.5. The molecule has 3 nitrogen and oxygen atoms in total. The topological polar surface area (TPSA) is 32.7 Å². The van der Waals surface area contributed by atoms with Gasteiger partial charge in [-0.05, 0) is 18.4 Å². The fourth-order valence-electron chi connectivity index (χ4n) is 2.38. The molecule has 0 bridgehead atoms. The number of hydrogen-bond donors (Lipinski definition) is 1.